The molecular formula is C19H19N2O4S-. The Kier molecular flexibility index (Phi) is 5.68. The number of nitrogens with one attached hydrogen (secondary N) is 2. The lowest BCUT2D eigenvalue weighted by Crippen LogP contribution is -2.37. The van der Waals surface area contributed by atoms with Crippen LogP contribution in [0.2, 0.25) is 0 Å². The van der Waals surface area contributed by atoms with Crippen LogP contribution in [0, 0.1) is 0 Å². The van der Waals surface area contributed by atoms with E-state index in [1.165, 1.54) is 11.3 Å². The highest BCUT2D eigenvalue weighted by Gasteiger charge is 2.24. The molecule has 136 valence electrons. The molecule has 0 aliphatic heterocycles. The number of anilines is 1. The van der Waals surface area contributed by atoms with E-state index in [-0.39, 0.29) is 10.6 Å². The first-order valence-corrected chi connectivity index (χ1v) is 9.37. The van der Waals surface area contributed by atoms with Gasteiger partial charge in [0.25, 0.3) is 0 Å². The first-order valence-electron chi connectivity index (χ1n) is 8.55. The highest BCUT2D eigenvalue weighted by Crippen LogP contribution is 2.37. The molecule has 0 bridgehead atoms. The molecule has 0 radical (unpaired) electrons. The van der Waals surface area contributed by atoms with Gasteiger partial charge in [0.05, 0.1) is 5.97 Å². The number of aromatic carboxylic acids is 1. The summed E-state index contributed by atoms with van der Waals surface area (Å²) in [5, 5.41) is 16.7. The van der Waals surface area contributed by atoms with Crippen LogP contribution in [0.4, 0.5) is 5.00 Å². The molecule has 2 amide bonds. The van der Waals surface area contributed by atoms with Crippen LogP contribution in [-0.2, 0) is 28.9 Å². The van der Waals surface area contributed by atoms with Crippen LogP contribution < -0.4 is 15.7 Å². The Balaban J connectivity index is 1.61. The molecule has 0 saturated carbocycles. The summed E-state index contributed by atoms with van der Waals surface area (Å²) in [4.78, 5) is 36.5. The predicted octanol–water partition coefficient (Wildman–Crippen LogP) is 1.29. The Morgan fingerprint density at radius 3 is 2.50 bits per heavy atom. The van der Waals surface area contributed by atoms with Crippen molar-refractivity contribution in [2.45, 2.75) is 32.1 Å². The number of hydrogen-bond donors (Lipinski definition) is 2. The number of aryl methyl sites for hydroxylation is 1. The minimum Gasteiger partial charge on any atom is -0.545 e. The number of carbonyl (C=O) groups excluding carboxylic acids is 3. The van der Waals surface area contributed by atoms with Crippen molar-refractivity contribution in [3.05, 3.63) is 51.9 Å². The van der Waals surface area contributed by atoms with E-state index < -0.39 is 17.8 Å². The van der Waals surface area contributed by atoms with Gasteiger partial charge in [0.2, 0.25) is 0 Å². The maximum Gasteiger partial charge on any atom is 0.314 e. The third-order valence-corrected chi connectivity index (χ3v) is 5.56. The van der Waals surface area contributed by atoms with E-state index in [2.05, 4.69) is 10.6 Å². The smallest absolute Gasteiger partial charge is 0.314 e. The van der Waals surface area contributed by atoms with Crippen LogP contribution in [0.15, 0.2) is 30.3 Å². The molecule has 2 N–H and O–H groups in total. The largest absolute Gasteiger partial charge is 0.545 e. The van der Waals surface area contributed by atoms with Crippen LogP contribution in [0.3, 0.4) is 0 Å². The Bertz CT molecular complexity index is 830. The molecule has 0 spiro atoms. The minimum atomic E-state index is -1.32. The van der Waals surface area contributed by atoms with Crippen LogP contribution >= 0.6 is 11.3 Å². The molecule has 1 heterocycles. The number of amides is 2. The van der Waals surface area contributed by atoms with Crippen molar-refractivity contribution < 1.29 is 19.5 Å². The fraction of sp³-hybridized carbons (Fsp3) is 0.316. The van der Waals surface area contributed by atoms with Gasteiger partial charge in [0.15, 0.2) is 0 Å². The molecule has 26 heavy (non-hydrogen) atoms. The SMILES string of the molecule is O=C(NCCc1ccccc1)C(=O)Nc1sc2c(c1C(=O)[O-])CCCC2. The monoisotopic (exact) mass is 371 g/mol. The van der Waals surface area contributed by atoms with Crippen LogP contribution in [-0.4, -0.2) is 24.3 Å². The first kappa shape index (κ1) is 18.1. The number of carboxylic acids is 1. The van der Waals surface area contributed by atoms with Crippen molar-refractivity contribution in [1.82, 2.24) is 5.32 Å². The summed E-state index contributed by atoms with van der Waals surface area (Å²) >= 11 is 1.22. The Labute approximate surface area is 155 Å². The summed E-state index contributed by atoms with van der Waals surface area (Å²) in [6.07, 6.45) is 3.97. The third kappa shape index (κ3) is 4.11. The molecule has 2 aromatic rings. The number of benzene rings is 1. The van der Waals surface area contributed by atoms with E-state index in [0.717, 1.165) is 35.3 Å². The van der Waals surface area contributed by atoms with Crippen molar-refractivity contribution in [1.29, 1.82) is 0 Å². The van der Waals surface area contributed by atoms with Crippen LogP contribution in [0.25, 0.3) is 0 Å². The van der Waals surface area contributed by atoms with Gasteiger partial charge in [-0.3, -0.25) is 9.59 Å². The molecule has 1 aromatic heterocycles. The summed E-state index contributed by atoms with van der Waals surface area (Å²) in [5.41, 5.74) is 1.81. The Hall–Kier alpha value is -2.67. The normalized spacial score (nSPS) is 12.9. The van der Waals surface area contributed by atoms with Gasteiger partial charge in [-0.05, 0) is 43.2 Å². The maximum absolute atomic E-state index is 12.1. The van der Waals surface area contributed by atoms with E-state index in [4.69, 9.17) is 0 Å². The average molecular weight is 371 g/mol. The van der Waals surface area contributed by atoms with Crippen molar-refractivity contribution in [3.63, 3.8) is 0 Å². The number of thiophene rings is 1. The Morgan fingerprint density at radius 2 is 1.77 bits per heavy atom. The molecule has 1 aliphatic carbocycles. The molecule has 0 atom stereocenters. The lowest BCUT2D eigenvalue weighted by Gasteiger charge is -2.13. The Morgan fingerprint density at radius 1 is 1.04 bits per heavy atom. The number of fused-ring (bicyclic) bond motifs is 1. The molecule has 0 fully saturated rings. The quantitative estimate of drug-likeness (QED) is 0.774. The minimum absolute atomic E-state index is 0.0233. The number of carboxylic acid groups (broad SMARTS) is 1. The van der Waals surface area contributed by atoms with Crippen LogP contribution in [0.5, 0.6) is 0 Å². The third-order valence-electron chi connectivity index (χ3n) is 4.35. The number of hydrogen-bond acceptors (Lipinski definition) is 5. The predicted molar refractivity (Wildman–Crippen MR) is 97.1 cm³/mol. The van der Waals surface area contributed by atoms with Crippen molar-refractivity contribution in [3.8, 4) is 0 Å². The molecule has 1 aliphatic rings. The van der Waals surface area contributed by atoms with Gasteiger partial charge in [-0.25, -0.2) is 0 Å². The number of rotatable bonds is 5. The average Bonchev–Trinajstić information content (AvgIpc) is 3.00. The van der Waals surface area contributed by atoms with Gasteiger partial charge in [0, 0.05) is 17.0 Å². The second-order valence-corrected chi connectivity index (χ2v) is 7.25. The highest BCUT2D eigenvalue weighted by molar-refractivity contribution is 7.17. The standard InChI is InChI=1S/C19H20N2O4S/c22-16(20-11-10-12-6-2-1-3-7-12)17(23)21-18-15(19(24)25)13-8-4-5-9-14(13)26-18/h1-3,6-7H,4-5,8-11H2,(H,20,22)(H,21,23)(H,24,25)/p-1. The molecule has 0 unspecified atom stereocenters. The summed E-state index contributed by atoms with van der Waals surface area (Å²) < 4.78 is 0. The summed E-state index contributed by atoms with van der Waals surface area (Å²) in [6, 6.07) is 9.60. The molecule has 7 heteroatoms. The van der Waals surface area contributed by atoms with Gasteiger partial charge in [0.1, 0.15) is 5.00 Å². The zero-order valence-corrected chi connectivity index (χ0v) is 15.0. The molecule has 6 nitrogen and oxygen atoms in total. The van der Waals surface area contributed by atoms with Crippen LogP contribution in [0.1, 0.15) is 39.2 Å². The molecular weight excluding hydrogens is 352 g/mol. The van der Waals surface area contributed by atoms with Gasteiger partial charge in [-0.2, -0.15) is 0 Å². The number of carbonyl (C=O) groups is 3. The van der Waals surface area contributed by atoms with Crippen molar-refractivity contribution in [2.75, 3.05) is 11.9 Å². The fourth-order valence-corrected chi connectivity index (χ4v) is 4.35. The molecule has 1 aromatic carbocycles. The maximum atomic E-state index is 12.1. The van der Waals surface area contributed by atoms with Crippen molar-refractivity contribution in [2.24, 2.45) is 0 Å². The molecule has 0 saturated heterocycles. The summed E-state index contributed by atoms with van der Waals surface area (Å²) in [7, 11) is 0. The van der Waals surface area contributed by atoms with Gasteiger partial charge < -0.3 is 20.5 Å². The first-order chi connectivity index (χ1) is 12.6. The highest BCUT2D eigenvalue weighted by atomic mass is 32.1. The van der Waals surface area contributed by atoms with Gasteiger partial charge in [-0.1, -0.05) is 30.3 Å². The zero-order valence-electron chi connectivity index (χ0n) is 14.2. The zero-order chi connectivity index (χ0) is 18.5. The fourth-order valence-electron chi connectivity index (χ4n) is 3.08. The topological polar surface area (TPSA) is 98.3 Å². The van der Waals surface area contributed by atoms with Crippen molar-refractivity contribution >= 4 is 34.1 Å². The lowest BCUT2D eigenvalue weighted by atomic mass is 9.95. The second kappa shape index (κ2) is 8.14. The van der Waals surface area contributed by atoms with E-state index in [1.54, 1.807) is 0 Å². The van der Waals surface area contributed by atoms with E-state index in [1.807, 2.05) is 30.3 Å². The van der Waals surface area contributed by atoms with E-state index in [0.29, 0.717) is 19.4 Å². The van der Waals surface area contributed by atoms with Gasteiger partial charge in [-0.15, -0.1) is 11.3 Å². The summed E-state index contributed by atoms with van der Waals surface area (Å²) in [6.45, 7) is 0.324. The summed E-state index contributed by atoms with van der Waals surface area (Å²) in [5.74, 6) is -2.96. The van der Waals surface area contributed by atoms with E-state index >= 15 is 0 Å². The lowest BCUT2D eigenvalue weighted by molar-refractivity contribution is -0.255. The second-order valence-electron chi connectivity index (χ2n) is 6.15. The molecule has 3 rings (SSSR count). The van der Waals surface area contributed by atoms with E-state index in [9.17, 15) is 19.5 Å². The van der Waals surface area contributed by atoms with Gasteiger partial charge >= 0.3 is 11.8 Å².